The minimum atomic E-state index is -0.0913. The molecule has 5 heteroatoms. The third-order valence-corrected chi connectivity index (χ3v) is 2.86. The van der Waals surface area contributed by atoms with Crippen molar-refractivity contribution < 1.29 is 19.0 Å². The van der Waals surface area contributed by atoms with Crippen LogP contribution in [0.25, 0.3) is 0 Å². The number of methoxy groups -OCH3 is 1. The Morgan fingerprint density at radius 1 is 1.38 bits per heavy atom. The fourth-order valence-electron chi connectivity index (χ4n) is 1.49. The SMILES string of the molecule is COCC(=O)c1cc2c(cc1Br)OCCO2. The first-order chi connectivity index (χ1) is 7.72. The molecule has 0 aromatic heterocycles. The zero-order valence-corrected chi connectivity index (χ0v) is 10.4. The van der Waals surface area contributed by atoms with Crippen molar-refractivity contribution in [3.05, 3.63) is 22.2 Å². The van der Waals surface area contributed by atoms with E-state index in [0.717, 1.165) is 0 Å². The maximum absolute atomic E-state index is 11.7. The summed E-state index contributed by atoms with van der Waals surface area (Å²) in [5, 5.41) is 0. The molecule has 16 heavy (non-hydrogen) atoms. The largest absolute Gasteiger partial charge is 0.486 e. The Kier molecular flexibility index (Phi) is 3.46. The smallest absolute Gasteiger partial charge is 0.189 e. The molecule has 0 N–H and O–H groups in total. The van der Waals surface area contributed by atoms with Crippen LogP contribution in [0.2, 0.25) is 0 Å². The normalized spacial score (nSPS) is 13.6. The number of hydrogen-bond donors (Lipinski definition) is 0. The van der Waals surface area contributed by atoms with Gasteiger partial charge in [-0.05, 0) is 28.1 Å². The van der Waals surface area contributed by atoms with E-state index in [1.165, 1.54) is 7.11 Å². The summed E-state index contributed by atoms with van der Waals surface area (Å²) in [7, 11) is 1.49. The lowest BCUT2D eigenvalue weighted by Gasteiger charge is -2.19. The molecule has 1 heterocycles. The lowest BCUT2D eigenvalue weighted by molar-refractivity contribution is 0.0846. The van der Waals surface area contributed by atoms with Gasteiger partial charge in [-0.25, -0.2) is 0 Å². The van der Waals surface area contributed by atoms with E-state index < -0.39 is 0 Å². The van der Waals surface area contributed by atoms with Crippen LogP contribution in [0.3, 0.4) is 0 Å². The number of Topliss-reactive ketones (excluding diaryl/α,β-unsaturated/α-hetero) is 1. The van der Waals surface area contributed by atoms with E-state index >= 15 is 0 Å². The molecule has 0 bridgehead atoms. The summed E-state index contributed by atoms with van der Waals surface area (Å²) in [6, 6.07) is 3.43. The number of hydrogen-bond acceptors (Lipinski definition) is 4. The predicted molar refractivity (Wildman–Crippen MR) is 61.3 cm³/mol. The van der Waals surface area contributed by atoms with Crippen LogP contribution in [-0.4, -0.2) is 32.7 Å². The second-order valence-electron chi connectivity index (χ2n) is 3.33. The summed E-state index contributed by atoms with van der Waals surface area (Å²) in [5.41, 5.74) is 0.547. The van der Waals surface area contributed by atoms with Crippen molar-refractivity contribution in [1.82, 2.24) is 0 Å². The number of ether oxygens (including phenoxy) is 3. The maximum Gasteiger partial charge on any atom is 0.189 e. The minimum absolute atomic E-state index is 0.0538. The second kappa shape index (κ2) is 4.84. The van der Waals surface area contributed by atoms with Gasteiger partial charge < -0.3 is 14.2 Å². The van der Waals surface area contributed by atoms with Crippen molar-refractivity contribution in [3.63, 3.8) is 0 Å². The Morgan fingerprint density at radius 2 is 2.00 bits per heavy atom. The Morgan fingerprint density at radius 3 is 2.62 bits per heavy atom. The van der Waals surface area contributed by atoms with Crippen molar-refractivity contribution in [2.45, 2.75) is 0 Å². The quantitative estimate of drug-likeness (QED) is 0.798. The molecular formula is C11H11BrO4. The van der Waals surface area contributed by atoms with Gasteiger partial charge in [0.15, 0.2) is 17.3 Å². The number of benzene rings is 1. The monoisotopic (exact) mass is 286 g/mol. The molecule has 0 atom stereocenters. The zero-order chi connectivity index (χ0) is 11.5. The predicted octanol–water partition coefficient (Wildman–Crippen LogP) is 2.05. The molecule has 0 amide bonds. The van der Waals surface area contributed by atoms with E-state index in [-0.39, 0.29) is 12.4 Å². The molecule has 1 aromatic carbocycles. The van der Waals surface area contributed by atoms with Crippen LogP contribution >= 0.6 is 15.9 Å². The highest BCUT2D eigenvalue weighted by Crippen LogP contribution is 2.35. The minimum Gasteiger partial charge on any atom is -0.486 e. The van der Waals surface area contributed by atoms with Gasteiger partial charge in [0, 0.05) is 17.1 Å². The second-order valence-corrected chi connectivity index (χ2v) is 4.19. The highest BCUT2D eigenvalue weighted by molar-refractivity contribution is 9.10. The van der Waals surface area contributed by atoms with E-state index in [4.69, 9.17) is 14.2 Å². The summed E-state index contributed by atoms with van der Waals surface area (Å²) in [4.78, 5) is 11.7. The van der Waals surface area contributed by atoms with Crippen molar-refractivity contribution in [1.29, 1.82) is 0 Å². The molecule has 0 fully saturated rings. The average molecular weight is 287 g/mol. The third kappa shape index (κ3) is 2.20. The van der Waals surface area contributed by atoms with Crippen molar-refractivity contribution in [3.8, 4) is 11.5 Å². The molecule has 0 saturated carbocycles. The molecule has 86 valence electrons. The standard InChI is InChI=1S/C11H11BrO4/c1-14-6-9(13)7-4-10-11(5-8(7)12)16-3-2-15-10/h4-5H,2-3,6H2,1H3. The van der Waals surface area contributed by atoms with Gasteiger partial charge in [0.25, 0.3) is 0 Å². The van der Waals surface area contributed by atoms with E-state index in [9.17, 15) is 4.79 Å². The molecule has 1 aliphatic heterocycles. The number of fused-ring (bicyclic) bond motifs is 1. The first kappa shape index (κ1) is 11.4. The summed E-state index contributed by atoms with van der Waals surface area (Å²) >= 11 is 3.33. The Balaban J connectivity index is 2.35. The van der Waals surface area contributed by atoms with Gasteiger partial charge in [0.2, 0.25) is 0 Å². The van der Waals surface area contributed by atoms with Crippen LogP contribution in [0.15, 0.2) is 16.6 Å². The van der Waals surface area contributed by atoms with Gasteiger partial charge in [0.1, 0.15) is 19.8 Å². The van der Waals surface area contributed by atoms with Crippen molar-refractivity contribution in [2.24, 2.45) is 0 Å². The van der Waals surface area contributed by atoms with Gasteiger partial charge in [-0.15, -0.1) is 0 Å². The van der Waals surface area contributed by atoms with Crippen LogP contribution in [0.4, 0.5) is 0 Å². The van der Waals surface area contributed by atoms with Crippen molar-refractivity contribution in [2.75, 3.05) is 26.9 Å². The number of ketones is 1. The highest BCUT2D eigenvalue weighted by atomic mass is 79.9. The lowest BCUT2D eigenvalue weighted by Crippen LogP contribution is -2.16. The first-order valence-corrected chi connectivity index (χ1v) is 5.63. The van der Waals surface area contributed by atoms with Crippen LogP contribution in [0, 0.1) is 0 Å². The van der Waals surface area contributed by atoms with E-state index in [0.29, 0.717) is 34.7 Å². The van der Waals surface area contributed by atoms with Gasteiger partial charge in [-0.2, -0.15) is 0 Å². The van der Waals surface area contributed by atoms with Gasteiger partial charge in [0.05, 0.1) is 0 Å². The molecular weight excluding hydrogens is 276 g/mol. The Labute approximate surface area is 102 Å². The number of carbonyl (C=O) groups is 1. The van der Waals surface area contributed by atoms with Gasteiger partial charge in [-0.3, -0.25) is 4.79 Å². The number of carbonyl (C=O) groups excluding carboxylic acids is 1. The van der Waals surface area contributed by atoms with Crippen LogP contribution in [0.1, 0.15) is 10.4 Å². The van der Waals surface area contributed by atoms with Crippen LogP contribution < -0.4 is 9.47 Å². The summed E-state index contributed by atoms with van der Waals surface area (Å²) in [5.74, 6) is 1.17. The summed E-state index contributed by atoms with van der Waals surface area (Å²) in [6.07, 6.45) is 0. The molecule has 0 aliphatic carbocycles. The van der Waals surface area contributed by atoms with Gasteiger partial charge >= 0.3 is 0 Å². The molecule has 2 rings (SSSR count). The maximum atomic E-state index is 11.7. The fraction of sp³-hybridized carbons (Fsp3) is 0.364. The summed E-state index contributed by atoms with van der Waals surface area (Å²) in [6.45, 7) is 1.09. The first-order valence-electron chi connectivity index (χ1n) is 4.83. The van der Waals surface area contributed by atoms with E-state index in [1.54, 1.807) is 12.1 Å². The lowest BCUT2D eigenvalue weighted by atomic mass is 10.1. The molecule has 4 nitrogen and oxygen atoms in total. The molecule has 1 aromatic rings. The van der Waals surface area contributed by atoms with Crippen molar-refractivity contribution >= 4 is 21.7 Å². The third-order valence-electron chi connectivity index (χ3n) is 2.21. The highest BCUT2D eigenvalue weighted by Gasteiger charge is 2.18. The Hall–Kier alpha value is -1.07. The summed E-state index contributed by atoms with van der Waals surface area (Å²) < 4.78 is 16.3. The van der Waals surface area contributed by atoms with Crippen LogP contribution in [0.5, 0.6) is 11.5 Å². The number of rotatable bonds is 3. The average Bonchev–Trinajstić information content (AvgIpc) is 2.28. The van der Waals surface area contributed by atoms with Gasteiger partial charge in [-0.1, -0.05) is 0 Å². The molecule has 0 saturated heterocycles. The molecule has 0 spiro atoms. The van der Waals surface area contributed by atoms with Crippen LogP contribution in [-0.2, 0) is 4.74 Å². The Bertz CT molecular complexity index is 417. The fourth-order valence-corrected chi connectivity index (χ4v) is 2.03. The topological polar surface area (TPSA) is 44.8 Å². The van der Waals surface area contributed by atoms with E-state index in [2.05, 4.69) is 15.9 Å². The number of halogens is 1. The molecule has 0 radical (unpaired) electrons. The molecule has 0 unspecified atom stereocenters. The van der Waals surface area contributed by atoms with E-state index in [1.807, 2.05) is 0 Å². The zero-order valence-electron chi connectivity index (χ0n) is 8.79. The molecule has 1 aliphatic rings.